The standard InChI is InChI=1S/C21H20BrClN2O3S/c1-3-9-25-20(27)18(11-13-10-14(22)12-17(23)19(13)26)29-21(25)24-15-5-7-16(8-6-15)28-4-2/h5-8,10-12,26H,3-4,9H2,1-2H3. The molecule has 8 heteroatoms. The summed E-state index contributed by atoms with van der Waals surface area (Å²) in [6, 6.07) is 10.7. The summed E-state index contributed by atoms with van der Waals surface area (Å²) in [6.07, 6.45) is 2.44. The van der Waals surface area contributed by atoms with Crippen LogP contribution < -0.4 is 4.74 Å². The SMILES string of the molecule is CCCN1C(=O)C(=Cc2cc(Br)cc(Cl)c2O)SC1=Nc1ccc(OCC)cc1. The monoisotopic (exact) mass is 494 g/mol. The third-order valence-corrected chi connectivity index (χ3v) is 5.80. The second-order valence-corrected chi connectivity index (χ2v) is 8.55. The maximum Gasteiger partial charge on any atom is 0.266 e. The van der Waals surface area contributed by atoms with E-state index >= 15 is 0 Å². The van der Waals surface area contributed by atoms with Crippen LogP contribution in [0.2, 0.25) is 5.02 Å². The van der Waals surface area contributed by atoms with Gasteiger partial charge in [-0.25, -0.2) is 4.99 Å². The zero-order valence-corrected chi connectivity index (χ0v) is 19.1. The van der Waals surface area contributed by atoms with Crippen LogP contribution in [0.3, 0.4) is 0 Å². The number of halogens is 2. The Morgan fingerprint density at radius 3 is 2.66 bits per heavy atom. The van der Waals surface area contributed by atoms with E-state index in [-0.39, 0.29) is 16.7 Å². The summed E-state index contributed by atoms with van der Waals surface area (Å²) in [4.78, 5) is 19.7. The zero-order chi connectivity index (χ0) is 21.0. The Kier molecular flexibility index (Phi) is 7.27. The number of phenolic OH excluding ortho intramolecular Hbond substituents is 1. The van der Waals surface area contributed by atoms with Gasteiger partial charge in [-0.15, -0.1) is 0 Å². The number of amidine groups is 1. The van der Waals surface area contributed by atoms with Crippen molar-refractivity contribution in [3.63, 3.8) is 0 Å². The molecule has 1 saturated heterocycles. The lowest BCUT2D eigenvalue weighted by Gasteiger charge is -2.14. The highest BCUT2D eigenvalue weighted by molar-refractivity contribution is 9.10. The number of amides is 1. The van der Waals surface area contributed by atoms with Crippen molar-refractivity contribution in [1.29, 1.82) is 0 Å². The van der Waals surface area contributed by atoms with Crippen molar-refractivity contribution in [1.82, 2.24) is 4.90 Å². The minimum atomic E-state index is -0.142. The number of benzene rings is 2. The summed E-state index contributed by atoms with van der Waals surface area (Å²) in [6.45, 7) is 5.10. The van der Waals surface area contributed by atoms with Crippen LogP contribution >= 0.6 is 39.3 Å². The molecule has 1 heterocycles. The second-order valence-electron chi connectivity index (χ2n) is 6.21. The number of rotatable bonds is 6. The highest BCUT2D eigenvalue weighted by Gasteiger charge is 2.33. The van der Waals surface area contributed by atoms with Crippen molar-refractivity contribution < 1.29 is 14.6 Å². The first kappa shape index (κ1) is 21.7. The molecule has 1 aliphatic rings. The molecular formula is C21H20BrClN2O3S. The average Bonchev–Trinajstić information content (AvgIpc) is 2.96. The Labute approximate surface area is 187 Å². The summed E-state index contributed by atoms with van der Waals surface area (Å²) in [5.41, 5.74) is 1.21. The van der Waals surface area contributed by atoms with Gasteiger partial charge >= 0.3 is 0 Å². The molecule has 0 atom stereocenters. The maximum absolute atomic E-state index is 12.9. The van der Waals surface area contributed by atoms with E-state index in [1.165, 1.54) is 11.8 Å². The lowest BCUT2D eigenvalue weighted by atomic mass is 10.2. The number of hydrogen-bond acceptors (Lipinski definition) is 5. The quantitative estimate of drug-likeness (QED) is 0.483. The number of hydrogen-bond donors (Lipinski definition) is 1. The van der Waals surface area contributed by atoms with E-state index in [0.29, 0.717) is 28.8 Å². The summed E-state index contributed by atoms with van der Waals surface area (Å²) >= 11 is 10.7. The molecule has 2 aromatic rings. The molecule has 2 aromatic carbocycles. The molecule has 5 nitrogen and oxygen atoms in total. The normalized spacial score (nSPS) is 16.8. The Morgan fingerprint density at radius 2 is 2.00 bits per heavy atom. The van der Waals surface area contributed by atoms with Crippen LogP contribution in [0.25, 0.3) is 6.08 Å². The lowest BCUT2D eigenvalue weighted by molar-refractivity contribution is -0.122. The van der Waals surface area contributed by atoms with Crippen molar-refractivity contribution in [2.24, 2.45) is 4.99 Å². The van der Waals surface area contributed by atoms with Crippen LogP contribution in [0.4, 0.5) is 5.69 Å². The highest BCUT2D eigenvalue weighted by Crippen LogP contribution is 2.38. The maximum atomic E-state index is 12.9. The first-order chi connectivity index (χ1) is 13.9. The molecule has 0 saturated carbocycles. The van der Waals surface area contributed by atoms with E-state index in [1.54, 1.807) is 23.1 Å². The fraction of sp³-hybridized carbons (Fsp3) is 0.238. The van der Waals surface area contributed by atoms with Gasteiger partial charge in [0.2, 0.25) is 0 Å². The fourth-order valence-electron chi connectivity index (χ4n) is 2.74. The third kappa shape index (κ3) is 5.15. The summed E-state index contributed by atoms with van der Waals surface area (Å²) in [7, 11) is 0. The van der Waals surface area contributed by atoms with E-state index in [2.05, 4.69) is 20.9 Å². The number of aromatic hydroxyl groups is 1. The van der Waals surface area contributed by atoms with Crippen molar-refractivity contribution in [2.45, 2.75) is 20.3 Å². The van der Waals surface area contributed by atoms with E-state index in [4.69, 9.17) is 16.3 Å². The van der Waals surface area contributed by atoms with Gasteiger partial charge in [0.25, 0.3) is 5.91 Å². The van der Waals surface area contributed by atoms with E-state index in [1.807, 2.05) is 38.1 Å². The molecule has 0 aromatic heterocycles. The van der Waals surface area contributed by atoms with Crippen LogP contribution in [-0.2, 0) is 4.79 Å². The van der Waals surface area contributed by atoms with Gasteiger partial charge in [0, 0.05) is 16.6 Å². The molecule has 3 rings (SSSR count). The molecule has 0 radical (unpaired) electrons. The van der Waals surface area contributed by atoms with Crippen LogP contribution in [0, 0.1) is 0 Å². The summed E-state index contributed by atoms with van der Waals surface area (Å²) < 4.78 is 6.17. The molecule has 0 spiro atoms. The van der Waals surface area contributed by atoms with Gasteiger partial charge in [0.15, 0.2) is 5.17 Å². The highest BCUT2D eigenvalue weighted by atomic mass is 79.9. The van der Waals surface area contributed by atoms with Crippen molar-refractivity contribution in [2.75, 3.05) is 13.2 Å². The van der Waals surface area contributed by atoms with Crippen LogP contribution in [0.15, 0.2) is 50.8 Å². The number of thioether (sulfide) groups is 1. The smallest absolute Gasteiger partial charge is 0.266 e. The topological polar surface area (TPSA) is 62.1 Å². The predicted octanol–water partition coefficient (Wildman–Crippen LogP) is 6.22. The van der Waals surface area contributed by atoms with Gasteiger partial charge in [0.1, 0.15) is 11.5 Å². The van der Waals surface area contributed by atoms with Gasteiger partial charge < -0.3 is 9.84 Å². The molecule has 1 aliphatic heterocycles. The molecule has 0 aliphatic carbocycles. The number of ether oxygens (including phenoxy) is 1. The van der Waals surface area contributed by atoms with Crippen molar-refractivity contribution in [3.05, 3.63) is 56.4 Å². The fourth-order valence-corrected chi connectivity index (χ4v) is 4.59. The Bertz CT molecular complexity index is 977. The predicted molar refractivity (Wildman–Crippen MR) is 123 cm³/mol. The summed E-state index contributed by atoms with van der Waals surface area (Å²) in [5.74, 6) is 0.575. The number of nitrogens with zero attached hydrogens (tertiary/aromatic N) is 2. The van der Waals surface area contributed by atoms with Gasteiger partial charge in [-0.2, -0.15) is 0 Å². The van der Waals surface area contributed by atoms with E-state index < -0.39 is 0 Å². The first-order valence-corrected chi connectivity index (χ1v) is 11.1. The molecule has 152 valence electrons. The molecule has 29 heavy (non-hydrogen) atoms. The Morgan fingerprint density at radius 1 is 1.28 bits per heavy atom. The van der Waals surface area contributed by atoms with Crippen LogP contribution in [0.1, 0.15) is 25.8 Å². The van der Waals surface area contributed by atoms with E-state index in [9.17, 15) is 9.90 Å². The lowest BCUT2D eigenvalue weighted by Crippen LogP contribution is -2.29. The number of aliphatic imine (C=N–C) groups is 1. The molecule has 0 bridgehead atoms. The van der Waals surface area contributed by atoms with Gasteiger partial charge in [0.05, 0.1) is 22.2 Å². The zero-order valence-electron chi connectivity index (χ0n) is 16.0. The average molecular weight is 496 g/mol. The molecule has 1 fully saturated rings. The van der Waals surface area contributed by atoms with Gasteiger partial charge in [-0.1, -0.05) is 34.5 Å². The largest absolute Gasteiger partial charge is 0.506 e. The molecular weight excluding hydrogens is 476 g/mol. The van der Waals surface area contributed by atoms with Crippen LogP contribution in [-0.4, -0.2) is 34.2 Å². The summed E-state index contributed by atoms with van der Waals surface area (Å²) in [5, 5.41) is 11.1. The number of phenols is 1. The minimum Gasteiger partial charge on any atom is -0.506 e. The second kappa shape index (κ2) is 9.69. The van der Waals surface area contributed by atoms with Crippen molar-refractivity contribution >= 4 is 62.1 Å². The molecule has 1 N–H and O–H groups in total. The van der Waals surface area contributed by atoms with Crippen LogP contribution in [0.5, 0.6) is 11.5 Å². The minimum absolute atomic E-state index is 0.0605. The molecule has 1 amide bonds. The Hall–Kier alpha value is -1.96. The number of carbonyl (C=O) groups excluding carboxylic acids is 1. The molecule has 0 unspecified atom stereocenters. The third-order valence-electron chi connectivity index (χ3n) is 4.05. The van der Waals surface area contributed by atoms with E-state index in [0.717, 1.165) is 22.3 Å². The Balaban J connectivity index is 1.94. The van der Waals surface area contributed by atoms with Gasteiger partial charge in [-0.3, -0.25) is 9.69 Å². The van der Waals surface area contributed by atoms with Gasteiger partial charge in [-0.05, 0) is 67.6 Å². The number of carbonyl (C=O) groups is 1. The van der Waals surface area contributed by atoms with Crippen molar-refractivity contribution in [3.8, 4) is 11.5 Å². The first-order valence-electron chi connectivity index (χ1n) is 9.14.